The van der Waals surface area contributed by atoms with Crippen LogP contribution in [0.5, 0.6) is 0 Å². The van der Waals surface area contributed by atoms with E-state index >= 15 is 0 Å². The van der Waals surface area contributed by atoms with Gasteiger partial charge in [-0.2, -0.15) is 0 Å². The zero-order chi connectivity index (χ0) is 18.7. The highest BCUT2D eigenvalue weighted by molar-refractivity contribution is 5.80. The number of fused-ring (bicyclic) bond motifs is 1. The van der Waals surface area contributed by atoms with E-state index in [1.165, 1.54) is 0 Å². The van der Waals surface area contributed by atoms with E-state index in [1.54, 1.807) is 12.4 Å². The van der Waals surface area contributed by atoms with Gasteiger partial charge in [-0.05, 0) is 43.6 Å². The number of ether oxygens (including phenoxy) is 1. The summed E-state index contributed by atoms with van der Waals surface area (Å²) >= 11 is 0. The summed E-state index contributed by atoms with van der Waals surface area (Å²) < 4.78 is 11.9. The van der Waals surface area contributed by atoms with E-state index in [4.69, 9.17) is 10.5 Å². The molecule has 0 saturated heterocycles. The zero-order valence-electron chi connectivity index (χ0n) is 14.9. The van der Waals surface area contributed by atoms with Gasteiger partial charge in [-0.15, -0.1) is 0 Å². The third kappa shape index (κ3) is 3.90. The van der Waals surface area contributed by atoms with Gasteiger partial charge in [0, 0.05) is 19.3 Å². The van der Waals surface area contributed by atoms with Crippen molar-refractivity contribution in [1.82, 2.24) is 30.2 Å². The van der Waals surface area contributed by atoms with E-state index in [-0.39, 0.29) is 5.82 Å². The summed E-state index contributed by atoms with van der Waals surface area (Å²) in [6, 6.07) is 1.86. The second-order valence-electron chi connectivity index (χ2n) is 6.73. The first-order chi connectivity index (χ1) is 12.3. The van der Waals surface area contributed by atoms with Crippen LogP contribution in [0.4, 0.5) is 10.6 Å². The van der Waals surface area contributed by atoms with Crippen LogP contribution in [0.15, 0.2) is 23.1 Å². The number of imidazole rings is 1. The average Bonchev–Trinajstić information content (AvgIpc) is 3.13. The Morgan fingerprint density at radius 2 is 2.19 bits per heavy atom. The van der Waals surface area contributed by atoms with Crippen LogP contribution in [0, 0.1) is 0 Å². The molecule has 3 N–H and O–H groups in total. The lowest BCUT2D eigenvalue weighted by Gasteiger charge is -2.19. The van der Waals surface area contributed by atoms with E-state index in [9.17, 15) is 4.79 Å². The predicted octanol–water partition coefficient (Wildman–Crippen LogP) is 1.98. The molecule has 0 bridgehead atoms. The maximum atomic E-state index is 11.7. The molecular weight excluding hydrogens is 338 g/mol. The number of nitrogen functional groups attached to an aromatic ring is 1. The van der Waals surface area contributed by atoms with Gasteiger partial charge in [0.05, 0.1) is 11.7 Å². The maximum Gasteiger partial charge on any atom is 0.407 e. The monoisotopic (exact) mass is 359 g/mol. The third-order valence-corrected chi connectivity index (χ3v) is 3.50. The molecule has 3 aromatic heterocycles. The Labute approximate surface area is 149 Å². The molecule has 3 aromatic rings. The van der Waals surface area contributed by atoms with Gasteiger partial charge in [-0.3, -0.25) is 4.98 Å². The predicted molar refractivity (Wildman–Crippen MR) is 94.1 cm³/mol. The highest BCUT2D eigenvalue weighted by Crippen LogP contribution is 2.26. The number of nitrogens with one attached hydrogen (secondary N) is 1. The molecule has 0 saturated carbocycles. The molecule has 10 heteroatoms. The summed E-state index contributed by atoms with van der Waals surface area (Å²) in [5, 5.41) is 10.2. The molecule has 0 aliphatic heterocycles. The second-order valence-corrected chi connectivity index (χ2v) is 6.73. The molecule has 3 rings (SSSR count). The van der Waals surface area contributed by atoms with Gasteiger partial charge in [-0.1, -0.05) is 0 Å². The lowest BCUT2D eigenvalue weighted by Crippen LogP contribution is -2.33. The number of alkyl carbamates (subject to hydrolysis) is 1. The lowest BCUT2D eigenvalue weighted by molar-refractivity contribution is 0.0527. The van der Waals surface area contributed by atoms with Crippen molar-refractivity contribution in [2.45, 2.75) is 39.3 Å². The number of hydrogen-bond donors (Lipinski definition) is 2. The van der Waals surface area contributed by atoms with Gasteiger partial charge in [0.2, 0.25) is 0 Å². The number of nitrogens with two attached hydrogens (primary N) is 1. The summed E-state index contributed by atoms with van der Waals surface area (Å²) in [6.07, 6.45) is 3.57. The molecule has 0 fully saturated rings. The Morgan fingerprint density at radius 1 is 1.38 bits per heavy atom. The first-order valence-electron chi connectivity index (χ1n) is 8.20. The van der Waals surface area contributed by atoms with Gasteiger partial charge in [-0.25, -0.2) is 14.4 Å². The van der Waals surface area contributed by atoms with Gasteiger partial charge >= 0.3 is 6.09 Å². The van der Waals surface area contributed by atoms with Gasteiger partial charge in [0.25, 0.3) is 0 Å². The minimum atomic E-state index is -0.526. The largest absolute Gasteiger partial charge is 0.444 e. The molecular formula is C16H21N7O3. The molecule has 0 unspecified atom stereocenters. The molecule has 0 spiro atoms. The van der Waals surface area contributed by atoms with Crippen LogP contribution in [-0.4, -0.2) is 43.1 Å². The molecule has 138 valence electrons. The maximum absolute atomic E-state index is 11.7. The number of nitrogens with zero attached hydrogens (tertiary/aromatic N) is 5. The van der Waals surface area contributed by atoms with Crippen molar-refractivity contribution in [1.29, 1.82) is 0 Å². The van der Waals surface area contributed by atoms with Crippen LogP contribution < -0.4 is 11.1 Å². The molecule has 0 aliphatic rings. The fourth-order valence-corrected chi connectivity index (χ4v) is 2.48. The minimum absolute atomic E-state index is 0.168. The van der Waals surface area contributed by atoms with Crippen molar-refractivity contribution >= 4 is 22.9 Å². The molecule has 0 aliphatic carbocycles. The number of amides is 1. The number of hydrogen-bond acceptors (Lipinski definition) is 8. The van der Waals surface area contributed by atoms with E-state index in [2.05, 4.69) is 30.2 Å². The standard InChI is InChI=1S/C16H21N7O3/c1-16(2,3)25-15(24)19-6-4-8-23-11-5-7-18-9-10(11)20-14(23)12-13(17)22-26-21-12/h5,7,9H,4,6,8H2,1-3H3,(H2,17,22)(H,19,24). The first kappa shape index (κ1) is 17.6. The van der Waals surface area contributed by atoms with Crippen LogP contribution in [-0.2, 0) is 11.3 Å². The summed E-state index contributed by atoms with van der Waals surface area (Å²) in [7, 11) is 0. The summed E-state index contributed by atoms with van der Waals surface area (Å²) in [5.74, 6) is 0.713. The zero-order valence-corrected chi connectivity index (χ0v) is 14.9. The topological polar surface area (TPSA) is 134 Å². The van der Waals surface area contributed by atoms with Crippen LogP contribution in [0.25, 0.3) is 22.6 Å². The first-order valence-corrected chi connectivity index (χ1v) is 8.20. The minimum Gasteiger partial charge on any atom is -0.444 e. The average molecular weight is 359 g/mol. The number of pyridine rings is 1. The smallest absolute Gasteiger partial charge is 0.407 e. The Kier molecular flexibility index (Phi) is 4.74. The fourth-order valence-electron chi connectivity index (χ4n) is 2.48. The van der Waals surface area contributed by atoms with Crippen molar-refractivity contribution < 1.29 is 14.2 Å². The summed E-state index contributed by atoms with van der Waals surface area (Å²) in [5.41, 5.74) is 7.25. The molecule has 10 nitrogen and oxygen atoms in total. The Bertz CT molecular complexity index is 910. The van der Waals surface area contributed by atoms with E-state index in [0.717, 1.165) is 5.52 Å². The molecule has 0 atom stereocenters. The van der Waals surface area contributed by atoms with Crippen molar-refractivity contribution in [2.24, 2.45) is 0 Å². The second kappa shape index (κ2) is 6.98. The van der Waals surface area contributed by atoms with Crippen LogP contribution in [0.3, 0.4) is 0 Å². The van der Waals surface area contributed by atoms with Crippen molar-refractivity contribution in [3.63, 3.8) is 0 Å². The molecule has 26 heavy (non-hydrogen) atoms. The van der Waals surface area contributed by atoms with Crippen molar-refractivity contribution in [2.75, 3.05) is 12.3 Å². The van der Waals surface area contributed by atoms with Gasteiger partial charge < -0.3 is 20.4 Å². The number of rotatable bonds is 5. The van der Waals surface area contributed by atoms with E-state index in [1.807, 2.05) is 31.4 Å². The quantitative estimate of drug-likeness (QED) is 0.660. The van der Waals surface area contributed by atoms with Crippen LogP contribution >= 0.6 is 0 Å². The van der Waals surface area contributed by atoms with Gasteiger partial charge in [0.1, 0.15) is 11.1 Å². The Morgan fingerprint density at radius 3 is 2.88 bits per heavy atom. The SMILES string of the molecule is CC(C)(C)OC(=O)NCCCn1c(-c2nonc2N)nc2cnccc21. The van der Waals surface area contributed by atoms with Gasteiger partial charge in [0.15, 0.2) is 17.3 Å². The number of carbonyl (C=O) groups excluding carboxylic acids is 1. The number of aryl methyl sites for hydroxylation is 1. The molecule has 0 radical (unpaired) electrons. The van der Waals surface area contributed by atoms with Crippen LogP contribution in [0.1, 0.15) is 27.2 Å². The number of carbonyl (C=O) groups is 1. The Balaban J connectivity index is 1.73. The fraction of sp³-hybridized carbons (Fsp3) is 0.438. The number of aromatic nitrogens is 5. The highest BCUT2D eigenvalue weighted by atomic mass is 16.6. The molecule has 1 amide bonds. The molecule has 0 aromatic carbocycles. The van der Waals surface area contributed by atoms with Crippen molar-refractivity contribution in [3.8, 4) is 11.5 Å². The Hall–Kier alpha value is -3.17. The van der Waals surface area contributed by atoms with Crippen molar-refractivity contribution in [3.05, 3.63) is 18.5 Å². The molecule has 3 heterocycles. The number of anilines is 1. The third-order valence-electron chi connectivity index (χ3n) is 3.50. The summed E-state index contributed by atoms with van der Waals surface area (Å²) in [4.78, 5) is 20.3. The lowest BCUT2D eigenvalue weighted by atomic mass is 10.2. The summed E-state index contributed by atoms with van der Waals surface area (Å²) in [6.45, 7) is 6.49. The normalized spacial score (nSPS) is 11.7. The highest BCUT2D eigenvalue weighted by Gasteiger charge is 2.19. The van der Waals surface area contributed by atoms with Crippen LogP contribution in [0.2, 0.25) is 0 Å². The van der Waals surface area contributed by atoms with E-state index < -0.39 is 11.7 Å². The van der Waals surface area contributed by atoms with E-state index in [0.29, 0.717) is 36.5 Å².